The van der Waals surface area contributed by atoms with E-state index in [2.05, 4.69) is 5.32 Å². The van der Waals surface area contributed by atoms with Crippen molar-refractivity contribution < 1.29 is 26.7 Å². The Morgan fingerprint density at radius 2 is 2.10 bits per heavy atom. The van der Waals surface area contributed by atoms with Crippen molar-refractivity contribution in [3.63, 3.8) is 0 Å². The van der Waals surface area contributed by atoms with Crippen LogP contribution >= 0.6 is 0 Å². The van der Waals surface area contributed by atoms with E-state index in [-0.39, 0.29) is 12.5 Å². The molecule has 0 saturated carbocycles. The van der Waals surface area contributed by atoms with E-state index in [0.717, 1.165) is 6.42 Å². The van der Waals surface area contributed by atoms with Gasteiger partial charge in [-0.05, 0) is 12.5 Å². The van der Waals surface area contributed by atoms with Crippen LogP contribution in [0.4, 0.5) is 8.78 Å². The molecule has 1 fully saturated rings. The molecule has 6 nitrogen and oxygen atoms in total. The van der Waals surface area contributed by atoms with E-state index in [1.165, 1.54) is 0 Å². The van der Waals surface area contributed by atoms with Crippen LogP contribution < -0.4 is 10.5 Å². The van der Waals surface area contributed by atoms with Crippen LogP contribution in [0.15, 0.2) is 17.0 Å². The SMILES string of the molecule is NS(=O)(=O)c1cc(C(=O)NCC2CCOC2)c(F)cc1F. The number of halogens is 2. The summed E-state index contributed by atoms with van der Waals surface area (Å²) in [5.74, 6) is -3.20. The van der Waals surface area contributed by atoms with Crippen LogP contribution in [0.1, 0.15) is 16.8 Å². The van der Waals surface area contributed by atoms with Gasteiger partial charge in [-0.15, -0.1) is 0 Å². The van der Waals surface area contributed by atoms with Gasteiger partial charge in [0.05, 0.1) is 12.2 Å². The summed E-state index contributed by atoms with van der Waals surface area (Å²) >= 11 is 0. The number of rotatable bonds is 4. The maximum absolute atomic E-state index is 13.6. The Balaban J connectivity index is 2.20. The van der Waals surface area contributed by atoms with Crippen molar-refractivity contribution in [2.24, 2.45) is 11.1 Å². The van der Waals surface area contributed by atoms with E-state index in [9.17, 15) is 22.0 Å². The summed E-state index contributed by atoms with van der Waals surface area (Å²) in [5.41, 5.74) is -0.570. The van der Waals surface area contributed by atoms with Gasteiger partial charge >= 0.3 is 0 Å². The van der Waals surface area contributed by atoms with E-state index in [4.69, 9.17) is 9.88 Å². The predicted molar refractivity (Wildman–Crippen MR) is 69.0 cm³/mol. The molecule has 1 heterocycles. The van der Waals surface area contributed by atoms with Gasteiger partial charge in [0.25, 0.3) is 5.91 Å². The molecule has 3 N–H and O–H groups in total. The molecule has 1 saturated heterocycles. The molecule has 0 spiro atoms. The highest BCUT2D eigenvalue weighted by Gasteiger charge is 2.23. The molecule has 2 rings (SSSR count). The smallest absolute Gasteiger partial charge is 0.254 e. The first-order valence-corrected chi connectivity index (χ1v) is 7.71. The molecule has 0 aromatic heterocycles. The van der Waals surface area contributed by atoms with Gasteiger partial charge < -0.3 is 10.1 Å². The molecule has 0 bridgehead atoms. The molecule has 1 aliphatic heterocycles. The lowest BCUT2D eigenvalue weighted by Gasteiger charge is -2.11. The number of amides is 1. The maximum atomic E-state index is 13.6. The summed E-state index contributed by atoms with van der Waals surface area (Å²) in [6.07, 6.45) is 0.772. The Labute approximate surface area is 120 Å². The monoisotopic (exact) mass is 320 g/mol. The van der Waals surface area contributed by atoms with Gasteiger partial charge in [0, 0.05) is 25.1 Å². The Morgan fingerprint density at radius 1 is 1.38 bits per heavy atom. The van der Waals surface area contributed by atoms with Crippen molar-refractivity contribution in [2.45, 2.75) is 11.3 Å². The number of ether oxygens (including phenoxy) is 1. The summed E-state index contributed by atoms with van der Waals surface area (Å²) in [7, 11) is -4.38. The van der Waals surface area contributed by atoms with Crippen molar-refractivity contribution >= 4 is 15.9 Å². The summed E-state index contributed by atoms with van der Waals surface area (Å²) in [4.78, 5) is 10.9. The van der Waals surface area contributed by atoms with Crippen LogP contribution in [-0.2, 0) is 14.8 Å². The third-order valence-corrected chi connectivity index (χ3v) is 4.07. The zero-order chi connectivity index (χ0) is 15.6. The second-order valence-electron chi connectivity index (χ2n) is 4.75. The minimum absolute atomic E-state index is 0.121. The number of carbonyl (C=O) groups excluding carboxylic acids is 1. The fourth-order valence-corrected chi connectivity index (χ4v) is 2.61. The van der Waals surface area contributed by atoms with Gasteiger partial charge in [0.2, 0.25) is 10.0 Å². The zero-order valence-corrected chi connectivity index (χ0v) is 11.8. The Bertz CT molecular complexity index is 657. The molecule has 116 valence electrons. The van der Waals surface area contributed by atoms with Gasteiger partial charge in [-0.2, -0.15) is 0 Å². The van der Waals surface area contributed by atoms with Crippen molar-refractivity contribution in [3.05, 3.63) is 29.3 Å². The Morgan fingerprint density at radius 3 is 2.67 bits per heavy atom. The second kappa shape index (κ2) is 6.04. The van der Waals surface area contributed by atoms with Crippen molar-refractivity contribution in [2.75, 3.05) is 19.8 Å². The molecular weight excluding hydrogens is 306 g/mol. The van der Waals surface area contributed by atoms with Crippen LogP contribution in [0.2, 0.25) is 0 Å². The molecule has 1 aliphatic rings. The van der Waals surface area contributed by atoms with E-state index in [1.54, 1.807) is 0 Å². The summed E-state index contributed by atoms with van der Waals surface area (Å²) in [6.45, 7) is 1.36. The molecule has 1 amide bonds. The first-order chi connectivity index (χ1) is 9.79. The van der Waals surface area contributed by atoms with Gasteiger partial charge in [-0.1, -0.05) is 0 Å². The predicted octanol–water partition coefficient (Wildman–Crippen LogP) is 0.379. The van der Waals surface area contributed by atoms with Crippen LogP contribution in [0.25, 0.3) is 0 Å². The van der Waals surface area contributed by atoms with Crippen LogP contribution in [0.3, 0.4) is 0 Å². The standard InChI is InChI=1S/C12H14F2N2O4S/c13-9-4-10(14)11(21(15,18)19)3-8(9)12(17)16-5-7-1-2-20-6-7/h3-4,7H,1-2,5-6H2,(H,16,17)(H2,15,18,19). The molecule has 0 radical (unpaired) electrons. The highest BCUT2D eigenvalue weighted by molar-refractivity contribution is 7.89. The zero-order valence-electron chi connectivity index (χ0n) is 10.9. The topological polar surface area (TPSA) is 98.5 Å². The summed E-state index contributed by atoms with van der Waals surface area (Å²) in [5, 5.41) is 7.27. The Hall–Kier alpha value is -1.58. The van der Waals surface area contributed by atoms with Crippen molar-refractivity contribution in [3.8, 4) is 0 Å². The largest absolute Gasteiger partial charge is 0.381 e. The maximum Gasteiger partial charge on any atom is 0.254 e. The van der Waals surface area contributed by atoms with E-state index in [1.807, 2.05) is 0 Å². The minimum Gasteiger partial charge on any atom is -0.381 e. The second-order valence-corrected chi connectivity index (χ2v) is 6.28. The fourth-order valence-electron chi connectivity index (χ4n) is 2.00. The fraction of sp³-hybridized carbons (Fsp3) is 0.417. The van der Waals surface area contributed by atoms with Crippen molar-refractivity contribution in [1.29, 1.82) is 0 Å². The number of hydrogen-bond acceptors (Lipinski definition) is 4. The molecule has 0 aliphatic carbocycles. The van der Waals surface area contributed by atoms with E-state index < -0.39 is 38.0 Å². The van der Waals surface area contributed by atoms with Crippen LogP contribution in [0, 0.1) is 17.6 Å². The third kappa shape index (κ3) is 3.74. The lowest BCUT2D eigenvalue weighted by atomic mass is 10.1. The third-order valence-electron chi connectivity index (χ3n) is 3.15. The number of hydrogen-bond donors (Lipinski definition) is 2. The summed E-state index contributed by atoms with van der Waals surface area (Å²) in [6, 6.07) is 0.924. The number of primary sulfonamides is 1. The van der Waals surface area contributed by atoms with Gasteiger partial charge in [-0.25, -0.2) is 22.3 Å². The summed E-state index contributed by atoms with van der Waals surface area (Å²) < 4.78 is 54.5. The highest BCUT2D eigenvalue weighted by atomic mass is 32.2. The number of nitrogens with two attached hydrogens (primary N) is 1. The number of carbonyl (C=O) groups is 1. The highest BCUT2D eigenvalue weighted by Crippen LogP contribution is 2.19. The number of benzene rings is 1. The number of sulfonamides is 1. The van der Waals surface area contributed by atoms with Crippen LogP contribution in [0.5, 0.6) is 0 Å². The van der Waals surface area contributed by atoms with E-state index in [0.29, 0.717) is 25.3 Å². The molecule has 1 aromatic carbocycles. The average molecular weight is 320 g/mol. The van der Waals surface area contributed by atoms with Gasteiger partial charge in [-0.3, -0.25) is 4.79 Å². The molecule has 9 heteroatoms. The normalized spacial score (nSPS) is 18.7. The van der Waals surface area contributed by atoms with Crippen LogP contribution in [-0.4, -0.2) is 34.1 Å². The molecule has 1 aromatic rings. The quantitative estimate of drug-likeness (QED) is 0.838. The average Bonchev–Trinajstić information content (AvgIpc) is 2.87. The molecular formula is C12H14F2N2O4S. The van der Waals surface area contributed by atoms with Gasteiger partial charge in [0.1, 0.15) is 16.5 Å². The van der Waals surface area contributed by atoms with Crippen molar-refractivity contribution in [1.82, 2.24) is 5.32 Å². The van der Waals surface area contributed by atoms with E-state index >= 15 is 0 Å². The molecule has 1 unspecified atom stereocenters. The first kappa shape index (κ1) is 15.8. The Kier molecular flexibility index (Phi) is 4.55. The molecule has 21 heavy (non-hydrogen) atoms. The lowest BCUT2D eigenvalue weighted by molar-refractivity contribution is 0.0940. The number of nitrogens with one attached hydrogen (secondary N) is 1. The molecule has 1 atom stereocenters. The van der Waals surface area contributed by atoms with Gasteiger partial charge in [0.15, 0.2) is 0 Å². The lowest BCUT2D eigenvalue weighted by Crippen LogP contribution is -2.30. The minimum atomic E-state index is -4.38. The first-order valence-electron chi connectivity index (χ1n) is 6.17.